The van der Waals surface area contributed by atoms with E-state index in [-0.39, 0.29) is 12.3 Å². The van der Waals surface area contributed by atoms with Crippen molar-refractivity contribution in [2.75, 3.05) is 6.61 Å². The number of ether oxygens (including phenoxy) is 1. The van der Waals surface area contributed by atoms with Crippen LogP contribution in [-0.2, 0) is 11.2 Å². The monoisotopic (exact) mass is 264 g/mol. The highest BCUT2D eigenvalue weighted by molar-refractivity contribution is 5.78. The first-order valence-corrected chi connectivity index (χ1v) is 6.78. The van der Waals surface area contributed by atoms with E-state index in [1.54, 1.807) is 0 Å². The largest absolute Gasteiger partial charge is 0.493 e. The van der Waals surface area contributed by atoms with Crippen LogP contribution >= 0.6 is 0 Å². The third kappa shape index (κ3) is 4.91. The van der Waals surface area contributed by atoms with Gasteiger partial charge in [-0.1, -0.05) is 39.0 Å². The first-order valence-electron chi connectivity index (χ1n) is 6.78. The number of para-hydroxylation sites is 1. The van der Waals surface area contributed by atoms with Crippen molar-refractivity contribution in [3.63, 3.8) is 0 Å². The Morgan fingerprint density at radius 3 is 2.63 bits per heavy atom. The Balaban J connectivity index is 2.69. The minimum absolute atomic E-state index is 0.216. The molecule has 0 spiro atoms. The number of hydrogen-bond acceptors (Lipinski definition) is 3. The van der Waals surface area contributed by atoms with E-state index >= 15 is 0 Å². The van der Waals surface area contributed by atoms with Crippen LogP contribution < -0.4 is 16.0 Å². The average Bonchev–Trinajstić information content (AvgIpc) is 2.40. The standard InChI is InChI=1S/C15H24N2O2/c1-4-12(11(2)3)10-19-14-8-6-5-7-13(14)9-15(18)17-16/h5-8,11-12H,4,9-10,16H2,1-3H3,(H,17,18)/t12-/m1/s1. The Hall–Kier alpha value is -1.55. The molecule has 4 heteroatoms. The highest BCUT2D eigenvalue weighted by atomic mass is 16.5. The Labute approximate surface area is 115 Å². The minimum Gasteiger partial charge on any atom is -0.493 e. The molecule has 1 rings (SSSR count). The maximum atomic E-state index is 11.3. The third-order valence-corrected chi connectivity index (χ3v) is 3.40. The number of rotatable bonds is 7. The SMILES string of the molecule is CC[C@H](COc1ccccc1CC(=O)NN)C(C)C. The smallest absolute Gasteiger partial charge is 0.238 e. The summed E-state index contributed by atoms with van der Waals surface area (Å²) < 4.78 is 5.88. The first kappa shape index (κ1) is 15.5. The summed E-state index contributed by atoms with van der Waals surface area (Å²) in [5.41, 5.74) is 3.01. The summed E-state index contributed by atoms with van der Waals surface area (Å²) in [7, 11) is 0. The van der Waals surface area contributed by atoms with Gasteiger partial charge in [-0.2, -0.15) is 0 Å². The molecule has 0 saturated heterocycles. The third-order valence-electron chi connectivity index (χ3n) is 3.40. The van der Waals surface area contributed by atoms with Gasteiger partial charge >= 0.3 is 0 Å². The van der Waals surface area contributed by atoms with Crippen molar-refractivity contribution in [1.29, 1.82) is 0 Å². The fourth-order valence-corrected chi connectivity index (χ4v) is 1.99. The maximum Gasteiger partial charge on any atom is 0.238 e. The lowest BCUT2D eigenvalue weighted by Gasteiger charge is -2.20. The highest BCUT2D eigenvalue weighted by Gasteiger charge is 2.13. The minimum atomic E-state index is -0.216. The molecule has 0 unspecified atom stereocenters. The van der Waals surface area contributed by atoms with Gasteiger partial charge in [-0.05, 0) is 24.3 Å². The lowest BCUT2D eigenvalue weighted by atomic mass is 9.94. The second kappa shape index (κ2) is 7.79. The summed E-state index contributed by atoms with van der Waals surface area (Å²) in [4.78, 5) is 11.3. The molecule has 0 heterocycles. The molecule has 4 nitrogen and oxygen atoms in total. The van der Waals surface area contributed by atoms with E-state index in [1.807, 2.05) is 24.3 Å². The molecule has 1 amide bonds. The van der Waals surface area contributed by atoms with E-state index in [1.165, 1.54) is 0 Å². The quantitative estimate of drug-likeness (QED) is 0.451. The van der Waals surface area contributed by atoms with Gasteiger partial charge in [0.2, 0.25) is 5.91 Å². The molecular weight excluding hydrogens is 240 g/mol. The predicted octanol–water partition coefficient (Wildman–Crippen LogP) is 2.28. The zero-order valence-electron chi connectivity index (χ0n) is 12.0. The summed E-state index contributed by atoms with van der Waals surface area (Å²) in [5, 5.41) is 0. The van der Waals surface area contributed by atoms with Crippen LogP contribution in [-0.4, -0.2) is 12.5 Å². The second-order valence-electron chi connectivity index (χ2n) is 5.08. The Morgan fingerprint density at radius 1 is 1.37 bits per heavy atom. The molecule has 0 aliphatic heterocycles. The van der Waals surface area contributed by atoms with Crippen LogP contribution in [0, 0.1) is 11.8 Å². The van der Waals surface area contributed by atoms with Gasteiger partial charge in [0.15, 0.2) is 0 Å². The average molecular weight is 264 g/mol. The summed E-state index contributed by atoms with van der Waals surface area (Å²) in [6.45, 7) is 7.24. The van der Waals surface area contributed by atoms with Crippen LogP contribution in [0.2, 0.25) is 0 Å². The van der Waals surface area contributed by atoms with Crippen molar-refractivity contribution in [3.8, 4) is 5.75 Å². The second-order valence-corrected chi connectivity index (χ2v) is 5.08. The van der Waals surface area contributed by atoms with Crippen molar-refractivity contribution in [1.82, 2.24) is 5.43 Å². The van der Waals surface area contributed by atoms with Gasteiger partial charge in [0.1, 0.15) is 5.75 Å². The molecule has 0 radical (unpaired) electrons. The number of hydrazine groups is 1. The van der Waals surface area contributed by atoms with Crippen molar-refractivity contribution in [3.05, 3.63) is 29.8 Å². The van der Waals surface area contributed by atoms with Gasteiger partial charge in [-0.15, -0.1) is 0 Å². The molecule has 106 valence electrons. The van der Waals surface area contributed by atoms with E-state index in [4.69, 9.17) is 10.6 Å². The number of amides is 1. The number of hydrogen-bond donors (Lipinski definition) is 2. The molecule has 1 aromatic carbocycles. The van der Waals surface area contributed by atoms with E-state index in [2.05, 4.69) is 26.2 Å². The lowest BCUT2D eigenvalue weighted by molar-refractivity contribution is -0.120. The van der Waals surface area contributed by atoms with Crippen molar-refractivity contribution in [2.24, 2.45) is 17.7 Å². The number of benzene rings is 1. The summed E-state index contributed by atoms with van der Waals surface area (Å²) in [5.74, 6) is 6.78. The fraction of sp³-hybridized carbons (Fsp3) is 0.533. The Kier molecular flexibility index (Phi) is 6.36. The van der Waals surface area contributed by atoms with Crippen LogP contribution in [0.1, 0.15) is 32.8 Å². The van der Waals surface area contributed by atoms with Crippen molar-refractivity contribution < 1.29 is 9.53 Å². The van der Waals surface area contributed by atoms with Gasteiger partial charge in [0, 0.05) is 5.56 Å². The zero-order chi connectivity index (χ0) is 14.3. The van der Waals surface area contributed by atoms with Gasteiger partial charge in [0.25, 0.3) is 0 Å². The van der Waals surface area contributed by atoms with Gasteiger partial charge in [-0.25, -0.2) is 5.84 Å². The van der Waals surface area contributed by atoms with Crippen LogP contribution in [0.3, 0.4) is 0 Å². The molecule has 0 bridgehead atoms. The highest BCUT2D eigenvalue weighted by Crippen LogP contribution is 2.22. The molecule has 0 aliphatic rings. The predicted molar refractivity (Wildman–Crippen MR) is 76.6 cm³/mol. The summed E-state index contributed by atoms with van der Waals surface area (Å²) in [6, 6.07) is 7.59. The van der Waals surface area contributed by atoms with Gasteiger partial charge in [0.05, 0.1) is 13.0 Å². The first-order chi connectivity index (χ1) is 9.08. The maximum absolute atomic E-state index is 11.3. The Morgan fingerprint density at radius 2 is 2.05 bits per heavy atom. The van der Waals surface area contributed by atoms with Crippen LogP contribution in [0.5, 0.6) is 5.75 Å². The van der Waals surface area contributed by atoms with Crippen LogP contribution in [0.15, 0.2) is 24.3 Å². The summed E-state index contributed by atoms with van der Waals surface area (Å²) in [6.07, 6.45) is 1.33. The zero-order valence-corrected chi connectivity index (χ0v) is 12.0. The van der Waals surface area contributed by atoms with Crippen molar-refractivity contribution in [2.45, 2.75) is 33.6 Å². The number of carbonyl (C=O) groups is 1. The molecule has 0 fully saturated rings. The molecule has 19 heavy (non-hydrogen) atoms. The van der Waals surface area contributed by atoms with E-state index < -0.39 is 0 Å². The van der Waals surface area contributed by atoms with E-state index in [9.17, 15) is 4.79 Å². The van der Waals surface area contributed by atoms with E-state index in [0.29, 0.717) is 18.4 Å². The molecule has 0 aliphatic carbocycles. The number of nitrogens with two attached hydrogens (primary N) is 1. The fourth-order valence-electron chi connectivity index (χ4n) is 1.99. The molecule has 1 aromatic rings. The number of nitrogens with one attached hydrogen (secondary N) is 1. The Bertz CT molecular complexity index is 405. The van der Waals surface area contributed by atoms with E-state index in [0.717, 1.165) is 17.7 Å². The van der Waals surface area contributed by atoms with Gasteiger partial charge < -0.3 is 4.74 Å². The topological polar surface area (TPSA) is 64.3 Å². The van der Waals surface area contributed by atoms with Crippen LogP contribution in [0.4, 0.5) is 0 Å². The molecular formula is C15H24N2O2. The van der Waals surface area contributed by atoms with Gasteiger partial charge in [-0.3, -0.25) is 10.2 Å². The normalized spacial score (nSPS) is 12.3. The lowest BCUT2D eigenvalue weighted by Crippen LogP contribution is -2.31. The summed E-state index contributed by atoms with van der Waals surface area (Å²) >= 11 is 0. The molecule has 3 N–H and O–H groups in total. The molecule has 1 atom stereocenters. The number of carbonyl (C=O) groups excluding carboxylic acids is 1. The molecule has 0 aromatic heterocycles. The van der Waals surface area contributed by atoms with Crippen molar-refractivity contribution >= 4 is 5.91 Å². The van der Waals surface area contributed by atoms with Crippen LogP contribution in [0.25, 0.3) is 0 Å². The molecule has 0 saturated carbocycles.